The van der Waals surface area contributed by atoms with Gasteiger partial charge in [-0.1, -0.05) is 45.9 Å². The first kappa shape index (κ1) is 39.4. The maximum absolute atomic E-state index is 12.1. The summed E-state index contributed by atoms with van der Waals surface area (Å²) in [7, 11) is 0. The van der Waals surface area contributed by atoms with Gasteiger partial charge in [0.1, 0.15) is 17.8 Å². The van der Waals surface area contributed by atoms with E-state index in [0.29, 0.717) is 23.5 Å². The van der Waals surface area contributed by atoms with E-state index in [4.69, 9.17) is 26.4 Å². The second kappa shape index (κ2) is 19.0. The molecule has 0 saturated carbocycles. The molecular formula is C34H55N3O5S2. The number of aromatic nitrogens is 1. The minimum Gasteiger partial charge on any atom is -0.485 e. The average molecular weight is 650 g/mol. The molecule has 2 rings (SSSR count). The molecule has 2 N–H and O–H groups in total. The zero-order chi connectivity index (χ0) is 33.5. The highest BCUT2D eigenvalue weighted by Gasteiger charge is 2.21. The summed E-state index contributed by atoms with van der Waals surface area (Å²) in [6, 6.07) is 10.3. The molecule has 248 valence electrons. The second-order valence-electron chi connectivity index (χ2n) is 13.8. The number of fused-ring (bicyclic) bond motifs is 1. The van der Waals surface area contributed by atoms with Gasteiger partial charge in [-0.2, -0.15) is 11.8 Å². The molecule has 1 heterocycles. The Kier molecular flexibility index (Phi) is 17.1. The fourth-order valence-electron chi connectivity index (χ4n) is 4.16. The molecule has 1 aromatic carbocycles. The normalized spacial score (nSPS) is 13.0. The Morgan fingerprint density at radius 2 is 1.41 bits per heavy atom. The Hall–Kier alpha value is -2.59. The number of pyridine rings is 1. The van der Waals surface area contributed by atoms with Crippen molar-refractivity contribution in [3.63, 3.8) is 0 Å². The van der Waals surface area contributed by atoms with Crippen molar-refractivity contribution in [1.82, 2.24) is 15.6 Å². The number of ether oxygens (including phenoxy) is 3. The van der Waals surface area contributed by atoms with Gasteiger partial charge >= 0.3 is 12.2 Å². The molecule has 2 amide bonds. The number of thiocarbonyl (C=S) groups is 1. The van der Waals surface area contributed by atoms with Crippen LogP contribution in [0.4, 0.5) is 9.59 Å². The summed E-state index contributed by atoms with van der Waals surface area (Å²) in [5.41, 5.74) is 1.25. The van der Waals surface area contributed by atoms with E-state index in [1.54, 1.807) is 6.92 Å². The molecule has 0 saturated heterocycles. The number of amides is 2. The van der Waals surface area contributed by atoms with Crippen LogP contribution >= 0.6 is 24.0 Å². The molecule has 0 fully saturated rings. The minimum absolute atomic E-state index is 0.0854. The SMILES string of the molecule is CC(=S)OC[C@H](CC(C)C)NC(=O)OC(C)(C)C.CC(C)C[C@@H](CSCc1cnc2ccccc2c1)NC(=O)OC(C)(C)C. The van der Waals surface area contributed by atoms with Crippen molar-refractivity contribution in [2.24, 2.45) is 11.8 Å². The zero-order valence-electron chi connectivity index (χ0n) is 28.6. The van der Waals surface area contributed by atoms with Gasteiger partial charge in [-0.25, -0.2) is 9.59 Å². The van der Waals surface area contributed by atoms with Crippen molar-refractivity contribution < 1.29 is 23.8 Å². The summed E-state index contributed by atoms with van der Waals surface area (Å²) in [5.74, 6) is 2.70. The average Bonchev–Trinajstić information content (AvgIpc) is 2.84. The first-order valence-corrected chi connectivity index (χ1v) is 16.9. The van der Waals surface area contributed by atoms with E-state index < -0.39 is 17.3 Å². The fraction of sp³-hybridized carbons (Fsp3) is 0.647. The van der Waals surface area contributed by atoms with Crippen molar-refractivity contribution >= 4 is 52.1 Å². The second-order valence-corrected chi connectivity index (χ2v) is 15.4. The molecule has 2 atom stereocenters. The predicted octanol–water partition coefficient (Wildman–Crippen LogP) is 8.70. The maximum Gasteiger partial charge on any atom is 0.407 e. The van der Waals surface area contributed by atoms with Crippen LogP contribution in [0.1, 0.15) is 94.6 Å². The smallest absolute Gasteiger partial charge is 0.407 e. The Bertz CT molecular complexity index is 1180. The lowest BCUT2D eigenvalue weighted by atomic mass is 10.0. The van der Waals surface area contributed by atoms with Crippen LogP contribution in [0.15, 0.2) is 36.5 Å². The third-order valence-electron chi connectivity index (χ3n) is 5.68. The summed E-state index contributed by atoms with van der Waals surface area (Å²) in [6.07, 6.45) is 2.94. The van der Waals surface area contributed by atoms with Crippen molar-refractivity contribution in [3.8, 4) is 0 Å². The highest BCUT2D eigenvalue weighted by molar-refractivity contribution is 7.98. The molecule has 8 nitrogen and oxygen atoms in total. The molecule has 0 aliphatic heterocycles. The number of hydrogen-bond donors (Lipinski definition) is 2. The van der Waals surface area contributed by atoms with E-state index in [2.05, 4.69) is 55.4 Å². The number of carbonyl (C=O) groups is 2. The van der Waals surface area contributed by atoms with Crippen LogP contribution in [0.3, 0.4) is 0 Å². The van der Waals surface area contributed by atoms with E-state index in [1.165, 1.54) is 5.56 Å². The Morgan fingerprint density at radius 3 is 1.93 bits per heavy atom. The Balaban J connectivity index is 0.000000474. The predicted molar refractivity (Wildman–Crippen MR) is 187 cm³/mol. The van der Waals surface area contributed by atoms with Crippen molar-refractivity contribution in [1.29, 1.82) is 0 Å². The number of benzene rings is 1. The number of para-hydroxylation sites is 1. The quantitative estimate of drug-likeness (QED) is 0.220. The molecule has 0 spiro atoms. The van der Waals surface area contributed by atoms with Gasteiger partial charge in [0.05, 0.1) is 11.6 Å². The van der Waals surface area contributed by atoms with Crippen LogP contribution < -0.4 is 10.6 Å². The molecule has 0 radical (unpaired) electrons. The summed E-state index contributed by atoms with van der Waals surface area (Å²) in [4.78, 5) is 28.3. The van der Waals surface area contributed by atoms with Gasteiger partial charge in [0.25, 0.3) is 0 Å². The standard InChI is InChI=1S/C21H30N2O2S.C13H25NO3S/c1-15(2)10-18(23-20(24)25-21(3,4)5)14-26-13-16-11-17-8-6-7-9-19(17)22-12-16;1-9(2)7-11(8-16-10(3)18)14-12(15)17-13(4,5)6/h6-9,11-12,15,18H,10,13-14H2,1-5H3,(H,23,24);9,11H,7-8H2,1-6H3,(H,14,15)/t18-;11-/m00/s1. The van der Waals surface area contributed by atoms with Gasteiger partial charge in [-0.05, 0) is 96.1 Å². The van der Waals surface area contributed by atoms with Gasteiger partial charge in [0.15, 0.2) is 5.05 Å². The highest BCUT2D eigenvalue weighted by atomic mass is 32.2. The molecule has 10 heteroatoms. The summed E-state index contributed by atoms with van der Waals surface area (Å²) < 4.78 is 15.9. The first-order chi connectivity index (χ1) is 20.3. The van der Waals surface area contributed by atoms with E-state index in [1.807, 2.05) is 77.7 Å². The molecule has 2 aromatic rings. The molecule has 1 aromatic heterocycles. The minimum atomic E-state index is -0.493. The number of carbonyl (C=O) groups excluding carboxylic acids is 2. The largest absolute Gasteiger partial charge is 0.485 e. The van der Waals surface area contributed by atoms with Crippen LogP contribution in [0.25, 0.3) is 10.9 Å². The van der Waals surface area contributed by atoms with Gasteiger partial charge in [-0.15, -0.1) is 0 Å². The van der Waals surface area contributed by atoms with E-state index in [-0.39, 0.29) is 18.2 Å². The van der Waals surface area contributed by atoms with Gasteiger partial charge < -0.3 is 24.8 Å². The lowest BCUT2D eigenvalue weighted by Gasteiger charge is -2.24. The molecular weight excluding hydrogens is 595 g/mol. The third-order valence-corrected chi connectivity index (χ3v) is 6.97. The van der Waals surface area contributed by atoms with E-state index in [0.717, 1.165) is 35.3 Å². The summed E-state index contributed by atoms with van der Waals surface area (Å²) >= 11 is 6.68. The Labute approximate surface area is 275 Å². The van der Waals surface area contributed by atoms with Gasteiger partial charge in [0.2, 0.25) is 0 Å². The highest BCUT2D eigenvalue weighted by Crippen LogP contribution is 2.20. The fourth-order valence-corrected chi connectivity index (χ4v) is 5.24. The van der Waals surface area contributed by atoms with E-state index in [9.17, 15) is 9.59 Å². The number of nitrogens with zero attached hydrogens (tertiary/aromatic N) is 1. The van der Waals surface area contributed by atoms with Crippen LogP contribution in [0, 0.1) is 11.8 Å². The van der Waals surface area contributed by atoms with Crippen molar-refractivity contribution in [3.05, 3.63) is 42.1 Å². The monoisotopic (exact) mass is 649 g/mol. The summed E-state index contributed by atoms with van der Waals surface area (Å²) in [6.45, 7) is 21.8. The van der Waals surface area contributed by atoms with Gasteiger partial charge in [-0.3, -0.25) is 4.98 Å². The number of hydrogen-bond acceptors (Lipinski definition) is 8. The Morgan fingerprint density at radius 1 is 0.886 bits per heavy atom. The van der Waals surface area contributed by atoms with Gasteiger partial charge in [0, 0.05) is 36.1 Å². The van der Waals surface area contributed by atoms with Crippen molar-refractivity contribution in [2.75, 3.05) is 12.4 Å². The molecule has 44 heavy (non-hydrogen) atoms. The number of nitrogens with one attached hydrogen (secondary N) is 2. The molecule has 0 bridgehead atoms. The van der Waals surface area contributed by atoms with Crippen molar-refractivity contribution in [2.45, 2.75) is 118 Å². The molecule has 0 unspecified atom stereocenters. The van der Waals surface area contributed by atoms with E-state index >= 15 is 0 Å². The van der Waals surface area contributed by atoms with Crippen LogP contribution in [-0.4, -0.2) is 57.9 Å². The lowest BCUT2D eigenvalue weighted by molar-refractivity contribution is 0.0474. The lowest BCUT2D eigenvalue weighted by Crippen LogP contribution is -2.42. The molecule has 0 aliphatic rings. The van der Waals surface area contributed by atoms with Crippen LogP contribution in [0.2, 0.25) is 0 Å². The van der Waals surface area contributed by atoms with Crippen LogP contribution in [-0.2, 0) is 20.0 Å². The molecule has 0 aliphatic carbocycles. The number of rotatable bonds is 12. The van der Waals surface area contributed by atoms with Crippen LogP contribution in [0.5, 0.6) is 0 Å². The summed E-state index contributed by atoms with van der Waals surface area (Å²) in [5, 5.41) is 7.48. The number of alkyl carbamates (subject to hydrolysis) is 2. The number of thioether (sulfide) groups is 1. The third kappa shape index (κ3) is 19.6. The topological polar surface area (TPSA) is 98.8 Å². The first-order valence-electron chi connectivity index (χ1n) is 15.4. The zero-order valence-corrected chi connectivity index (χ0v) is 30.2. The maximum atomic E-state index is 12.1.